The molecule has 0 saturated carbocycles. The Hall–Kier alpha value is -1.95. The van der Waals surface area contributed by atoms with Gasteiger partial charge in [0.1, 0.15) is 0 Å². The third kappa shape index (κ3) is 2.59. The van der Waals surface area contributed by atoms with Crippen LogP contribution in [0.5, 0.6) is 0 Å². The van der Waals surface area contributed by atoms with Crippen molar-refractivity contribution >= 4 is 17.5 Å². The van der Waals surface area contributed by atoms with Gasteiger partial charge in [-0.1, -0.05) is 22.9 Å². The quantitative estimate of drug-likeness (QED) is 0.855. The molecule has 0 aliphatic rings. The first-order valence-corrected chi connectivity index (χ1v) is 5.32. The maximum atomic E-state index is 11.9. The monoisotopic (exact) mass is 251 g/mol. The first-order valence-electron chi connectivity index (χ1n) is 4.94. The highest BCUT2D eigenvalue weighted by molar-refractivity contribution is 6.31. The van der Waals surface area contributed by atoms with E-state index in [0.29, 0.717) is 16.4 Å². The second kappa shape index (κ2) is 4.92. The van der Waals surface area contributed by atoms with E-state index in [0.717, 1.165) is 5.56 Å². The zero-order chi connectivity index (χ0) is 12.3. The lowest BCUT2D eigenvalue weighted by Crippen LogP contribution is -2.24. The van der Waals surface area contributed by atoms with E-state index in [4.69, 9.17) is 11.6 Å². The number of carbonyl (C=O) groups is 1. The molecular formula is C10H10ClN5O. The minimum absolute atomic E-state index is 0.213. The number of carbonyl (C=O) groups excluding carboxylic acids is 1. The van der Waals surface area contributed by atoms with Gasteiger partial charge in [-0.05, 0) is 24.6 Å². The van der Waals surface area contributed by atoms with Crippen LogP contribution in [0.15, 0.2) is 18.2 Å². The summed E-state index contributed by atoms with van der Waals surface area (Å²) in [5.41, 5.74) is 1.29. The van der Waals surface area contributed by atoms with Gasteiger partial charge in [-0.15, -0.1) is 10.2 Å². The number of aromatic amines is 1. The van der Waals surface area contributed by atoms with Gasteiger partial charge in [0.2, 0.25) is 0 Å². The number of rotatable bonds is 3. The first-order chi connectivity index (χ1) is 8.18. The minimum atomic E-state index is -0.213. The number of benzene rings is 1. The highest BCUT2D eigenvalue weighted by Crippen LogP contribution is 2.18. The van der Waals surface area contributed by atoms with E-state index in [9.17, 15) is 4.79 Å². The molecule has 0 radical (unpaired) electrons. The van der Waals surface area contributed by atoms with Crippen LogP contribution in [0, 0.1) is 6.92 Å². The van der Waals surface area contributed by atoms with Crippen molar-refractivity contribution in [1.82, 2.24) is 25.9 Å². The Kier molecular flexibility index (Phi) is 3.34. The van der Waals surface area contributed by atoms with Crippen LogP contribution in [0.3, 0.4) is 0 Å². The fraction of sp³-hybridized carbons (Fsp3) is 0.200. The number of halogens is 1. The van der Waals surface area contributed by atoms with E-state index in [1.54, 1.807) is 25.1 Å². The zero-order valence-corrected chi connectivity index (χ0v) is 9.82. The average molecular weight is 252 g/mol. The summed E-state index contributed by atoms with van der Waals surface area (Å²) in [6.07, 6.45) is 0. The van der Waals surface area contributed by atoms with Gasteiger partial charge >= 0.3 is 0 Å². The summed E-state index contributed by atoms with van der Waals surface area (Å²) < 4.78 is 0. The maximum Gasteiger partial charge on any atom is 0.251 e. The Bertz CT molecular complexity index is 525. The van der Waals surface area contributed by atoms with Crippen LogP contribution >= 0.6 is 11.6 Å². The third-order valence-corrected chi connectivity index (χ3v) is 2.72. The van der Waals surface area contributed by atoms with Crippen LogP contribution in [0.4, 0.5) is 0 Å². The molecule has 0 unspecified atom stereocenters. The van der Waals surface area contributed by atoms with E-state index < -0.39 is 0 Å². The Morgan fingerprint density at radius 3 is 3.06 bits per heavy atom. The van der Waals surface area contributed by atoms with Crippen LogP contribution in [0.1, 0.15) is 21.7 Å². The van der Waals surface area contributed by atoms with Crippen LogP contribution in [-0.2, 0) is 6.54 Å². The molecule has 7 heteroatoms. The van der Waals surface area contributed by atoms with Crippen molar-refractivity contribution in [3.63, 3.8) is 0 Å². The molecule has 1 amide bonds. The van der Waals surface area contributed by atoms with E-state index >= 15 is 0 Å². The molecule has 6 nitrogen and oxygen atoms in total. The normalized spacial score (nSPS) is 10.2. The second-order valence-corrected chi connectivity index (χ2v) is 3.83. The van der Waals surface area contributed by atoms with Crippen LogP contribution in [0.2, 0.25) is 5.02 Å². The summed E-state index contributed by atoms with van der Waals surface area (Å²) >= 11 is 5.94. The summed E-state index contributed by atoms with van der Waals surface area (Å²) in [6, 6.07) is 5.19. The van der Waals surface area contributed by atoms with Gasteiger partial charge in [-0.3, -0.25) is 4.79 Å². The van der Waals surface area contributed by atoms with E-state index in [1.165, 1.54) is 0 Å². The second-order valence-electron chi connectivity index (χ2n) is 3.42. The number of H-pyrrole nitrogens is 1. The molecule has 0 fully saturated rings. The van der Waals surface area contributed by atoms with Crippen LogP contribution < -0.4 is 5.32 Å². The number of hydrogen-bond acceptors (Lipinski definition) is 4. The number of aromatic nitrogens is 4. The molecule has 0 aliphatic carbocycles. The summed E-state index contributed by atoms with van der Waals surface area (Å²) in [6.45, 7) is 2.02. The molecule has 88 valence electrons. The molecule has 1 heterocycles. The molecule has 0 atom stereocenters. The van der Waals surface area contributed by atoms with Gasteiger partial charge in [0.15, 0.2) is 5.82 Å². The van der Waals surface area contributed by atoms with Gasteiger partial charge in [-0.25, -0.2) is 0 Å². The van der Waals surface area contributed by atoms with Gasteiger partial charge < -0.3 is 5.32 Å². The van der Waals surface area contributed by atoms with Crippen LogP contribution in [0.25, 0.3) is 0 Å². The number of tetrazole rings is 1. The van der Waals surface area contributed by atoms with Gasteiger partial charge in [0.25, 0.3) is 5.91 Å². The Morgan fingerprint density at radius 1 is 1.53 bits per heavy atom. The lowest BCUT2D eigenvalue weighted by Gasteiger charge is -2.06. The van der Waals surface area contributed by atoms with E-state index in [1.807, 2.05) is 0 Å². The largest absolute Gasteiger partial charge is 0.345 e. The highest BCUT2D eigenvalue weighted by atomic mass is 35.5. The Balaban J connectivity index is 2.07. The third-order valence-electron chi connectivity index (χ3n) is 2.31. The Labute approximate surface area is 102 Å². The summed E-state index contributed by atoms with van der Waals surface area (Å²) in [5, 5.41) is 16.4. The van der Waals surface area contributed by atoms with Crippen molar-refractivity contribution in [1.29, 1.82) is 0 Å². The standard InChI is InChI=1S/C10H10ClN5O/c1-6-7(3-2-4-8(6)11)10(17)12-5-9-13-15-16-14-9/h2-4H,5H2,1H3,(H,12,17)(H,13,14,15,16). The predicted octanol–water partition coefficient (Wildman–Crippen LogP) is 1.09. The fourth-order valence-electron chi connectivity index (χ4n) is 1.37. The summed E-state index contributed by atoms with van der Waals surface area (Å²) in [5.74, 6) is 0.216. The summed E-state index contributed by atoms with van der Waals surface area (Å²) in [4.78, 5) is 11.9. The van der Waals surface area contributed by atoms with Crippen molar-refractivity contribution in [2.45, 2.75) is 13.5 Å². The number of amides is 1. The van der Waals surface area contributed by atoms with Crippen molar-refractivity contribution in [2.24, 2.45) is 0 Å². The van der Waals surface area contributed by atoms with E-state index in [2.05, 4.69) is 25.9 Å². The predicted molar refractivity (Wildman–Crippen MR) is 61.5 cm³/mol. The molecular weight excluding hydrogens is 242 g/mol. The first kappa shape index (κ1) is 11.5. The SMILES string of the molecule is Cc1c(Cl)cccc1C(=O)NCc1nn[nH]n1. The van der Waals surface area contributed by atoms with Gasteiger partial charge in [0.05, 0.1) is 6.54 Å². The molecule has 2 rings (SSSR count). The molecule has 2 aromatic rings. The molecule has 0 spiro atoms. The van der Waals surface area contributed by atoms with Crippen LogP contribution in [-0.4, -0.2) is 26.5 Å². The zero-order valence-electron chi connectivity index (χ0n) is 9.07. The topological polar surface area (TPSA) is 83.6 Å². The molecule has 0 aliphatic heterocycles. The molecule has 2 N–H and O–H groups in total. The fourth-order valence-corrected chi connectivity index (χ4v) is 1.54. The molecule has 1 aromatic heterocycles. The van der Waals surface area contributed by atoms with E-state index in [-0.39, 0.29) is 12.5 Å². The lowest BCUT2D eigenvalue weighted by molar-refractivity contribution is 0.0949. The highest BCUT2D eigenvalue weighted by Gasteiger charge is 2.11. The van der Waals surface area contributed by atoms with Crippen molar-refractivity contribution in [2.75, 3.05) is 0 Å². The number of hydrogen-bond donors (Lipinski definition) is 2. The maximum absolute atomic E-state index is 11.9. The Morgan fingerprint density at radius 2 is 2.35 bits per heavy atom. The molecule has 0 saturated heterocycles. The molecule has 17 heavy (non-hydrogen) atoms. The van der Waals surface area contributed by atoms with Crippen molar-refractivity contribution in [3.05, 3.63) is 40.2 Å². The summed E-state index contributed by atoms with van der Waals surface area (Å²) in [7, 11) is 0. The number of nitrogens with one attached hydrogen (secondary N) is 2. The van der Waals surface area contributed by atoms with Crippen molar-refractivity contribution < 1.29 is 4.79 Å². The smallest absolute Gasteiger partial charge is 0.251 e. The minimum Gasteiger partial charge on any atom is -0.345 e. The van der Waals surface area contributed by atoms with Crippen molar-refractivity contribution in [3.8, 4) is 0 Å². The van der Waals surface area contributed by atoms with Gasteiger partial charge in [-0.2, -0.15) is 5.21 Å². The van der Waals surface area contributed by atoms with Gasteiger partial charge in [0, 0.05) is 10.6 Å². The molecule has 0 bridgehead atoms. The molecule has 1 aromatic carbocycles. The lowest BCUT2D eigenvalue weighted by atomic mass is 10.1. The average Bonchev–Trinajstić information content (AvgIpc) is 2.82. The number of nitrogens with zero attached hydrogens (tertiary/aromatic N) is 3.